The quantitative estimate of drug-likeness (QED) is 0.210. The van der Waals surface area contributed by atoms with E-state index in [9.17, 15) is 14.7 Å². The molecule has 45 heavy (non-hydrogen) atoms. The number of ether oxygens (including phenoxy) is 1. The fraction of sp³-hybridized carbons (Fsp3) is 0.529. The van der Waals surface area contributed by atoms with Crippen molar-refractivity contribution in [3.63, 3.8) is 0 Å². The van der Waals surface area contributed by atoms with Crippen LogP contribution in [0.5, 0.6) is 5.75 Å². The van der Waals surface area contributed by atoms with Gasteiger partial charge >= 0.3 is 0 Å². The molecule has 0 unspecified atom stereocenters. The molecule has 2 amide bonds. The maximum absolute atomic E-state index is 13.9. The first kappa shape index (κ1) is 33.0. The van der Waals surface area contributed by atoms with Crippen LogP contribution < -0.4 is 20.7 Å². The first-order valence-corrected chi connectivity index (χ1v) is 16.8. The maximum atomic E-state index is 13.9. The van der Waals surface area contributed by atoms with Gasteiger partial charge in [-0.3, -0.25) is 14.6 Å². The van der Waals surface area contributed by atoms with Crippen molar-refractivity contribution in [2.45, 2.75) is 77.6 Å². The fourth-order valence-corrected chi connectivity index (χ4v) is 6.70. The number of aliphatic hydroxyl groups excluding tert-OH is 1. The lowest BCUT2D eigenvalue weighted by atomic mass is 9.85. The van der Waals surface area contributed by atoms with Crippen molar-refractivity contribution in [3.8, 4) is 16.2 Å². The average Bonchev–Trinajstić information content (AvgIpc) is 3.60. The maximum Gasteiger partial charge on any atom is 0.243 e. The van der Waals surface area contributed by atoms with Gasteiger partial charge in [0.15, 0.2) is 0 Å². The highest BCUT2D eigenvalue weighted by Gasteiger charge is 2.43. The van der Waals surface area contributed by atoms with Crippen molar-refractivity contribution in [3.05, 3.63) is 65.1 Å². The largest absolute Gasteiger partial charge is 0.493 e. The molecule has 3 aromatic rings. The predicted molar refractivity (Wildman–Crippen MR) is 176 cm³/mol. The summed E-state index contributed by atoms with van der Waals surface area (Å²) in [6.07, 6.45) is 4.81. The number of rotatable bonds is 13. The van der Waals surface area contributed by atoms with Gasteiger partial charge in [-0.1, -0.05) is 45.0 Å². The number of aliphatic hydroxyl groups is 1. The molecule has 0 radical (unpaired) electrons. The number of aromatic nitrogens is 2. The number of hydrogen-bond donors (Lipinski definition) is 4. The van der Waals surface area contributed by atoms with Gasteiger partial charge in [0.05, 0.1) is 34.8 Å². The van der Waals surface area contributed by atoms with Crippen LogP contribution in [-0.2, 0) is 16.1 Å². The van der Waals surface area contributed by atoms with Gasteiger partial charge in [0.25, 0.3) is 0 Å². The van der Waals surface area contributed by atoms with E-state index in [4.69, 9.17) is 4.74 Å². The smallest absolute Gasteiger partial charge is 0.243 e. The van der Waals surface area contributed by atoms with Gasteiger partial charge in [-0.25, -0.2) is 4.98 Å². The monoisotopic (exact) mass is 634 g/mol. The summed E-state index contributed by atoms with van der Waals surface area (Å²) in [7, 11) is 0. The number of carbonyl (C=O) groups excluding carboxylic acids is 2. The topological polar surface area (TPSA) is 129 Å². The van der Waals surface area contributed by atoms with Crippen LogP contribution in [-0.4, -0.2) is 82.8 Å². The number of β-amino-alcohol motifs (C(OH)–C–C–N with tert-alkyl or cyclic N) is 1. The molecule has 3 atom stereocenters. The number of benzene rings is 1. The predicted octanol–water partition coefficient (Wildman–Crippen LogP) is 3.64. The molecular formula is C34H46N6O4S. The summed E-state index contributed by atoms with van der Waals surface area (Å²) in [6.45, 7) is 11.7. The first-order valence-electron chi connectivity index (χ1n) is 15.9. The molecule has 4 N–H and O–H groups in total. The van der Waals surface area contributed by atoms with E-state index in [0.29, 0.717) is 25.6 Å². The van der Waals surface area contributed by atoms with Gasteiger partial charge in [-0.05, 0) is 48.9 Å². The number of nitrogens with zero attached hydrogens (tertiary/aromatic N) is 3. The minimum Gasteiger partial charge on any atom is -0.493 e. The van der Waals surface area contributed by atoms with E-state index in [1.54, 1.807) is 22.4 Å². The third-order valence-corrected chi connectivity index (χ3v) is 9.59. The molecule has 2 aliphatic rings. The van der Waals surface area contributed by atoms with Gasteiger partial charge in [0, 0.05) is 56.5 Å². The first-order chi connectivity index (χ1) is 21.6. The number of thiazole rings is 1. The molecule has 2 aromatic heterocycles. The number of unbranched alkanes of at least 4 members (excludes halogenated alkanes) is 1. The lowest BCUT2D eigenvalue weighted by Crippen LogP contribution is -2.56. The number of pyridine rings is 1. The van der Waals surface area contributed by atoms with E-state index < -0.39 is 18.2 Å². The molecule has 0 bridgehead atoms. The standard InChI is InChI=1S/C34H46N6O4S/c1-22-30(45-21-39-22)24-9-7-23(8-10-24)16-38-32(42)28-15-26(41)20-40(28)33(43)31(34(2,3)4)37-12-5-6-14-44-29-11-13-35-19-27(29)25-17-36-18-25/h7-11,13,19,21,25-26,28,31,36-37,41H,5-6,12,14-18,20H2,1-4H3,(H,38,42)/t26-,28+,31-/m1/s1. The van der Waals surface area contributed by atoms with Crippen LogP contribution in [0.2, 0.25) is 0 Å². The zero-order valence-corrected chi connectivity index (χ0v) is 27.5. The van der Waals surface area contributed by atoms with Crippen molar-refractivity contribution in [1.82, 2.24) is 30.8 Å². The highest BCUT2D eigenvalue weighted by Crippen LogP contribution is 2.30. The molecule has 11 heteroatoms. The molecule has 5 rings (SSSR count). The molecule has 10 nitrogen and oxygen atoms in total. The Balaban J connectivity index is 1.11. The molecular weight excluding hydrogens is 588 g/mol. The molecule has 4 heterocycles. The van der Waals surface area contributed by atoms with Crippen LogP contribution in [0.15, 0.2) is 48.2 Å². The zero-order chi connectivity index (χ0) is 32.0. The van der Waals surface area contributed by atoms with Crippen molar-refractivity contribution < 1.29 is 19.4 Å². The van der Waals surface area contributed by atoms with Crippen molar-refractivity contribution in [2.24, 2.45) is 5.41 Å². The second-order valence-corrected chi connectivity index (χ2v) is 14.0. The summed E-state index contributed by atoms with van der Waals surface area (Å²) in [4.78, 5) is 38.5. The Morgan fingerprint density at radius 3 is 2.62 bits per heavy atom. The van der Waals surface area contributed by atoms with Gasteiger partial charge in [0.2, 0.25) is 11.8 Å². The Labute approximate surface area is 270 Å². The van der Waals surface area contributed by atoms with Gasteiger partial charge < -0.3 is 30.7 Å². The molecule has 2 saturated heterocycles. The summed E-state index contributed by atoms with van der Waals surface area (Å²) in [5, 5.41) is 20.2. The summed E-state index contributed by atoms with van der Waals surface area (Å²) >= 11 is 1.60. The average molecular weight is 635 g/mol. The van der Waals surface area contributed by atoms with Gasteiger partial charge in [-0.15, -0.1) is 11.3 Å². The van der Waals surface area contributed by atoms with E-state index in [0.717, 1.165) is 58.9 Å². The normalized spacial score (nSPS) is 19.3. The summed E-state index contributed by atoms with van der Waals surface area (Å²) < 4.78 is 6.09. The summed E-state index contributed by atoms with van der Waals surface area (Å²) in [5.41, 5.74) is 5.66. The molecule has 2 fully saturated rings. The van der Waals surface area contributed by atoms with Crippen LogP contribution in [0.4, 0.5) is 0 Å². The molecule has 1 aromatic carbocycles. The summed E-state index contributed by atoms with van der Waals surface area (Å²) in [6, 6.07) is 8.77. The third-order valence-electron chi connectivity index (χ3n) is 8.61. The van der Waals surface area contributed by atoms with E-state index in [2.05, 4.69) is 25.9 Å². The number of nitrogens with one attached hydrogen (secondary N) is 3. The Morgan fingerprint density at radius 2 is 1.96 bits per heavy atom. The van der Waals surface area contributed by atoms with Gasteiger partial charge in [0.1, 0.15) is 11.8 Å². The van der Waals surface area contributed by atoms with Crippen LogP contribution in [0.1, 0.15) is 62.8 Å². The molecule has 0 spiro atoms. The number of aryl methyl sites for hydroxylation is 1. The molecule has 242 valence electrons. The Bertz CT molecular complexity index is 1430. The summed E-state index contributed by atoms with van der Waals surface area (Å²) in [5.74, 6) is 0.942. The number of likely N-dealkylation sites (tertiary alicyclic amines) is 1. The van der Waals surface area contributed by atoms with Crippen molar-refractivity contribution >= 4 is 23.2 Å². The Hall–Kier alpha value is -3.38. The second-order valence-electron chi connectivity index (χ2n) is 13.2. The van der Waals surface area contributed by atoms with Crippen LogP contribution >= 0.6 is 11.3 Å². The SMILES string of the molecule is Cc1ncsc1-c1ccc(CNC(=O)[C@@H]2C[C@@H](O)CN2C(=O)[C@@H](NCCCCOc2ccncc2C2CNC2)C(C)(C)C)cc1. The van der Waals surface area contributed by atoms with E-state index in [1.807, 2.05) is 69.7 Å². The second kappa shape index (κ2) is 14.8. The molecule has 2 aliphatic heterocycles. The zero-order valence-electron chi connectivity index (χ0n) is 26.7. The number of carbonyl (C=O) groups is 2. The van der Waals surface area contributed by atoms with E-state index in [1.165, 1.54) is 0 Å². The highest BCUT2D eigenvalue weighted by atomic mass is 32.1. The van der Waals surface area contributed by atoms with Crippen molar-refractivity contribution in [2.75, 3.05) is 32.8 Å². The third kappa shape index (κ3) is 8.26. The van der Waals surface area contributed by atoms with Crippen LogP contribution in [0.3, 0.4) is 0 Å². The fourth-order valence-electron chi connectivity index (χ4n) is 5.89. The number of amides is 2. The minimum atomic E-state index is -0.738. The van der Waals surface area contributed by atoms with Crippen molar-refractivity contribution in [1.29, 1.82) is 0 Å². The molecule has 0 aliphatic carbocycles. The Kier molecular flexibility index (Phi) is 10.9. The van der Waals surface area contributed by atoms with Gasteiger partial charge in [-0.2, -0.15) is 0 Å². The minimum absolute atomic E-state index is 0.146. The Morgan fingerprint density at radius 1 is 1.18 bits per heavy atom. The van der Waals surface area contributed by atoms with E-state index >= 15 is 0 Å². The van der Waals surface area contributed by atoms with E-state index in [-0.39, 0.29) is 30.2 Å². The van der Waals surface area contributed by atoms with Crippen LogP contribution in [0, 0.1) is 12.3 Å². The molecule has 0 saturated carbocycles. The lowest BCUT2D eigenvalue weighted by molar-refractivity contribution is -0.142. The highest BCUT2D eigenvalue weighted by molar-refractivity contribution is 7.13. The lowest BCUT2D eigenvalue weighted by Gasteiger charge is -2.35. The number of hydrogen-bond acceptors (Lipinski definition) is 9. The van der Waals surface area contributed by atoms with Crippen LogP contribution in [0.25, 0.3) is 10.4 Å².